The number of nitrogens with two attached hydrogens (primary N) is 1. The Labute approximate surface area is 147 Å². The summed E-state index contributed by atoms with van der Waals surface area (Å²) in [6, 6.07) is 15.3. The maximum Gasteiger partial charge on any atom is 0.253 e. The van der Waals surface area contributed by atoms with Gasteiger partial charge in [0, 0.05) is 30.2 Å². The fourth-order valence-corrected chi connectivity index (χ4v) is 2.99. The average Bonchev–Trinajstić information content (AvgIpc) is 2.95. The first kappa shape index (κ1) is 16.9. The first-order chi connectivity index (χ1) is 12.1. The Kier molecular flexibility index (Phi) is 4.95. The van der Waals surface area contributed by atoms with Crippen LogP contribution in [0.5, 0.6) is 0 Å². The summed E-state index contributed by atoms with van der Waals surface area (Å²) < 4.78 is 2.03. The Balaban J connectivity index is 1.75. The summed E-state index contributed by atoms with van der Waals surface area (Å²) in [5.74, 6) is -0.116. The van der Waals surface area contributed by atoms with Crippen LogP contribution in [0, 0.1) is 13.8 Å². The van der Waals surface area contributed by atoms with Crippen LogP contribution in [0.2, 0.25) is 0 Å². The van der Waals surface area contributed by atoms with Gasteiger partial charge in [-0.25, -0.2) is 0 Å². The number of benzene rings is 1. The molecule has 0 aliphatic heterocycles. The van der Waals surface area contributed by atoms with Crippen LogP contribution in [0.1, 0.15) is 33.4 Å². The lowest BCUT2D eigenvalue weighted by atomic mass is 10.1. The van der Waals surface area contributed by atoms with Crippen LogP contribution in [0.4, 0.5) is 0 Å². The summed E-state index contributed by atoms with van der Waals surface area (Å²) in [6.07, 6.45) is 3.52. The lowest BCUT2D eigenvalue weighted by Gasteiger charge is -2.13. The molecular formula is C20H22N4O. The number of rotatable bonds is 5. The maximum absolute atomic E-state index is 12.6. The first-order valence-electron chi connectivity index (χ1n) is 8.26. The van der Waals surface area contributed by atoms with Crippen molar-refractivity contribution >= 4 is 5.91 Å². The predicted molar refractivity (Wildman–Crippen MR) is 98.7 cm³/mol. The van der Waals surface area contributed by atoms with E-state index >= 15 is 0 Å². The Hall–Kier alpha value is -2.92. The van der Waals surface area contributed by atoms with Crippen LogP contribution in [0.3, 0.4) is 0 Å². The summed E-state index contributed by atoms with van der Waals surface area (Å²) in [5.41, 5.74) is 10.6. The standard InChI is InChI=1S/C20H22N4O/c1-14-11-18(15(2)24(14)17-9-6-10-22-12-17)20(25)23-13-19(21)16-7-4-3-5-8-16/h3-12,19H,13,21H2,1-2H3,(H,23,25). The van der Waals surface area contributed by atoms with Gasteiger partial charge in [0.05, 0.1) is 17.4 Å². The van der Waals surface area contributed by atoms with E-state index in [1.54, 1.807) is 12.4 Å². The van der Waals surface area contributed by atoms with Gasteiger partial charge < -0.3 is 15.6 Å². The fraction of sp³-hybridized carbons (Fsp3) is 0.200. The average molecular weight is 334 g/mol. The lowest BCUT2D eigenvalue weighted by molar-refractivity contribution is 0.0950. The number of hydrogen-bond acceptors (Lipinski definition) is 3. The second-order valence-electron chi connectivity index (χ2n) is 6.06. The fourth-order valence-electron chi connectivity index (χ4n) is 2.99. The summed E-state index contributed by atoms with van der Waals surface area (Å²) in [4.78, 5) is 16.8. The molecule has 5 nitrogen and oxygen atoms in total. The molecule has 0 aliphatic carbocycles. The molecule has 0 saturated carbocycles. The second-order valence-corrected chi connectivity index (χ2v) is 6.06. The molecule has 2 heterocycles. The predicted octanol–water partition coefficient (Wildman–Crippen LogP) is 2.92. The highest BCUT2D eigenvalue weighted by Gasteiger charge is 2.17. The summed E-state index contributed by atoms with van der Waals surface area (Å²) in [6.45, 7) is 4.30. The molecule has 5 heteroatoms. The zero-order chi connectivity index (χ0) is 17.8. The maximum atomic E-state index is 12.6. The van der Waals surface area contributed by atoms with Crippen molar-refractivity contribution in [2.24, 2.45) is 5.73 Å². The molecule has 1 atom stereocenters. The number of aryl methyl sites for hydroxylation is 1. The Morgan fingerprint density at radius 3 is 2.64 bits per heavy atom. The van der Waals surface area contributed by atoms with Crippen LogP contribution in [-0.4, -0.2) is 22.0 Å². The Morgan fingerprint density at radius 1 is 1.20 bits per heavy atom. The minimum atomic E-state index is -0.230. The van der Waals surface area contributed by atoms with E-state index in [0.717, 1.165) is 22.6 Å². The lowest BCUT2D eigenvalue weighted by Crippen LogP contribution is -2.32. The van der Waals surface area contributed by atoms with Crippen LogP contribution >= 0.6 is 0 Å². The SMILES string of the molecule is Cc1cc(C(=O)NCC(N)c2ccccc2)c(C)n1-c1cccnc1. The molecular weight excluding hydrogens is 312 g/mol. The van der Waals surface area contributed by atoms with Gasteiger partial charge in [-0.1, -0.05) is 30.3 Å². The van der Waals surface area contributed by atoms with Crippen molar-refractivity contribution in [2.45, 2.75) is 19.9 Å². The molecule has 128 valence electrons. The van der Waals surface area contributed by atoms with Crippen LogP contribution < -0.4 is 11.1 Å². The topological polar surface area (TPSA) is 72.9 Å². The van der Waals surface area contributed by atoms with E-state index in [-0.39, 0.29) is 11.9 Å². The van der Waals surface area contributed by atoms with Gasteiger partial charge in [0.15, 0.2) is 0 Å². The van der Waals surface area contributed by atoms with Gasteiger partial charge in [-0.05, 0) is 37.6 Å². The zero-order valence-corrected chi connectivity index (χ0v) is 14.4. The number of pyridine rings is 1. The molecule has 0 bridgehead atoms. The molecule has 0 aliphatic rings. The smallest absolute Gasteiger partial charge is 0.253 e. The van der Waals surface area contributed by atoms with Crippen molar-refractivity contribution in [2.75, 3.05) is 6.54 Å². The normalized spacial score (nSPS) is 12.0. The minimum Gasteiger partial charge on any atom is -0.350 e. The van der Waals surface area contributed by atoms with Crippen molar-refractivity contribution < 1.29 is 4.79 Å². The van der Waals surface area contributed by atoms with E-state index in [1.165, 1.54) is 0 Å². The highest BCUT2D eigenvalue weighted by atomic mass is 16.1. The number of aromatic nitrogens is 2. The first-order valence-corrected chi connectivity index (χ1v) is 8.26. The number of amides is 1. The van der Waals surface area contributed by atoms with Gasteiger partial charge >= 0.3 is 0 Å². The van der Waals surface area contributed by atoms with Gasteiger partial charge in [0.25, 0.3) is 5.91 Å². The molecule has 1 aromatic carbocycles. The second kappa shape index (κ2) is 7.32. The number of hydrogen-bond donors (Lipinski definition) is 2. The monoisotopic (exact) mass is 334 g/mol. The van der Waals surface area contributed by atoms with Crippen molar-refractivity contribution in [3.63, 3.8) is 0 Å². The summed E-state index contributed by atoms with van der Waals surface area (Å²) in [7, 11) is 0. The third-order valence-electron chi connectivity index (χ3n) is 4.29. The number of nitrogens with zero attached hydrogens (tertiary/aromatic N) is 2. The molecule has 0 saturated heterocycles. The molecule has 2 aromatic heterocycles. The number of carbonyl (C=O) groups excluding carboxylic acids is 1. The molecule has 0 fully saturated rings. The van der Waals surface area contributed by atoms with E-state index in [4.69, 9.17) is 5.73 Å². The summed E-state index contributed by atoms with van der Waals surface area (Å²) >= 11 is 0. The molecule has 25 heavy (non-hydrogen) atoms. The van der Waals surface area contributed by atoms with Crippen molar-refractivity contribution in [1.29, 1.82) is 0 Å². The molecule has 0 spiro atoms. The molecule has 1 amide bonds. The van der Waals surface area contributed by atoms with E-state index < -0.39 is 0 Å². The van der Waals surface area contributed by atoms with Gasteiger partial charge in [-0.3, -0.25) is 9.78 Å². The third kappa shape index (κ3) is 3.61. The van der Waals surface area contributed by atoms with E-state index in [2.05, 4.69) is 10.3 Å². The van der Waals surface area contributed by atoms with Gasteiger partial charge in [0.2, 0.25) is 0 Å². The molecule has 3 rings (SSSR count). The molecule has 3 aromatic rings. The largest absolute Gasteiger partial charge is 0.350 e. The minimum absolute atomic E-state index is 0.116. The highest BCUT2D eigenvalue weighted by Crippen LogP contribution is 2.20. The highest BCUT2D eigenvalue weighted by molar-refractivity contribution is 5.96. The quantitative estimate of drug-likeness (QED) is 0.753. The van der Waals surface area contributed by atoms with Crippen molar-refractivity contribution in [3.05, 3.63) is 83.4 Å². The Morgan fingerprint density at radius 2 is 1.96 bits per heavy atom. The third-order valence-corrected chi connectivity index (χ3v) is 4.29. The molecule has 0 radical (unpaired) electrons. The summed E-state index contributed by atoms with van der Waals surface area (Å²) in [5, 5.41) is 2.94. The van der Waals surface area contributed by atoms with Crippen LogP contribution in [0.25, 0.3) is 5.69 Å². The van der Waals surface area contributed by atoms with E-state index in [0.29, 0.717) is 12.1 Å². The number of nitrogens with one attached hydrogen (secondary N) is 1. The van der Waals surface area contributed by atoms with Crippen LogP contribution in [-0.2, 0) is 0 Å². The van der Waals surface area contributed by atoms with Gasteiger partial charge in [-0.2, -0.15) is 0 Å². The van der Waals surface area contributed by atoms with Crippen LogP contribution in [0.15, 0.2) is 60.9 Å². The number of carbonyl (C=O) groups is 1. The van der Waals surface area contributed by atoms with Gasteiger partial charge in [0.1, 0.15) is 0 Å². The van der Waals surface area contributed by atoms with Gasteiger partial charge in [-0.15, -0.1) is 0 Å². The van der Waals surface area contributed by atoms with E-state index in [1.807, 2.05) is 66.9 Å². The molecule has 1 unspecified atom stereocenters. The van der Waals surface area contributed by atoms with Crippen molar-refractivity contribution in [3.8, 4) is 5.69 Å². The molecule has 3 N–H and O–H groups in total. The van der Waals surface area contributed by atoms with E-state index in [9.17, 15) is 4.79 Å². The Bertz CT molecular complexity index is 856. The zero-order valence-electron chi connectivity index (χ0n) is 14.4. The van der Waals surface area contributed by atoms with Crippen molar-refractivity contribution in [1.82, 2.24) is 14.9 Å².